The van der Waals surface area contributed by atoms with Gasteiger partial charge in [-0.2, -0.15) is 0 Å². The second kappa shape index (κ2) is 6.78. The van der Waals surface area contributed by atoms with Crippen molar-refractivity contribution in [2.75, 3.05) is 13.7 Å². The molecule has 1 aromatic carbocycles. The van der Waals surface area contributed by atoms with Crippen LogP contribution in [0.4, 0.5) is 0 Å². The first kappa shape index (κ1) is 15.8. The van der Waals surface area contributed by atoms with Crippen LogP contribution in [0, 0.1) is 0 Å². The van der Waals surface area contributed by atoms with Gasteiger partial charge in [0.05, 0.1) is 19.1 Å². The molecule has 1 unspecified atom stereocenters. The summed E-state index contributed by atoms with van der Waals surface area (Å²) in [5, 5.41) is 13.1. The molecule has 106 valence electrons. The van der Waals surface area contributed by atoms with E-state index in [0.717, 1.165) is 5.56 Å². The molecule has 0 aliphatic heterocycles. The summed E-state index contributed by atoms with van der Waals surface area (Å²) in [6.07, 6.45) is 0.747. The average molecular weight is 286 g/mol. The highest BCUT2D eigenvalue weighted by Crippen LogP contribution is 2.23. The number of hydrogen-bond acceptors (Lipinski definition) is 3. The highest BCUT2D eigenvalue weighted by Gasteiger charge is 2.18. The van der Waals surface area contributed by atoms with E-state index in [-0.39, 0.29) is 18.9 Å². The van der Waals surface area contributed by atoms with Gasteiger partial charge in [0.1, 0.15) is 5.75 Å². The van der Waals surface area contributed by atoms with E-state index in [0.29, 0.717) is 17.2 Å². The SMILES string of the molecule is CCC(C)(O)CNC(=O)Cc1cc(Cl)ccc1OC. The number of benzene rings is 1. The molecule has 1 aromatic rings. The van der Waals surface area contributed by atoms with E-state index in [1.807, 2.05) is 6.92 Å². The van der Waals surface area contributed by atoms with Gasteiger partial charge in [0.25, 0.3) is 0 Å². The van der Waals surface area contributed by atoms with Crippen molar-refractivity contribution in [2.45, 2.75) is 32.3 Å². The molecule has 0 saturated heterocycles. The highest BCUT2D eigenvalue weighted by atomic mass is 35.5. The first-order chi connectivity index (χ1) is 8.88. The summed E-state index contributed by atoms with van der Waals surface area (Å²) in [6.45, 7) is 3.78. The summed E-state index contributed by atoms with van der Waals surface area (Å²) in [6, 6.07) is 5.15. The number of nitrogens with one attached hydrogen (secondary N) is 1. The fraction of sp³-hybridized carbons (Fsp3) is 0.500. The van der Waals surface area contributed by atoms with Crippen LogP contribution in [0.3, 0.4) is 0 Å². The Morgan fingerprint density at radius 2 is 2.21 bits per heavy atom. The number of carbonyl (C=O) groups is 1. The zero-order chi connectivity index (χ0) is 14.5. The number of halogens is 1. The molecule has 0 fully saturated rings. The molecule has 4 nitrogen and oxygen atoms in total. The second-order valence-electron chi connectivity index (χ2n) is 4.76. The van der Waals surface area contributed by atoms with Gasteiger partial charge in [-0.25, -0.2) is 0 Å². The van der Waals surface area contributed by atoms with Crippen LogP contribution in [-0.2, 0) is 11.2 Å². The van der Waals surface area contributed by atoms with Gasteiger partial charge < -0.3 is 15.2 Å². The minimum absolute atomic E-state index is 0.170. The average Bonchev–Trinajstić information content (AvgIpc) is 2.37. The van der Waals surface area contributed by atoms with Crippen molar-refractivity contribution in [3.63, 3.8) is 0 Å². The lowest BCUT2D eigenvalue weighted by Gasteiger charge is -2.21. The second-order valence-corrected chi connectivity index (χ2v) is 5.20. The summed E-state index contributed by atoms with van der Waals surface area (Å²) in [4.78, 5) is 11.8. The lowest BCUT2D eigenvalue weighted by Crippen LogP contribution is -2.40. The van der Waals surface area contributed by atoms with Crippen molar-refractivity contribution in [1.29, 1.82) is 0 Å². The van der Waals surface area contributed by atoms with Gasteiger partial charge in [-0.05, 0) is 31.5 Å². The van der Waals surface area contributed by atoms with Crippen LogP contribution in [-0.4, -0.2) is 30.3 Å². The molecule has 0 spiro atoms. The van der Waals surface area contributed by atoms with Crippen LogP contribution in [0.15, 0.2) is 18.2 Å². The zero-order valence-corrected chi connectivity index (χ0v) is 12.3. The third-order valence-electron chi connectivity index (χ3n) is 3.02. The minimum atomic E-state index is -0.881. The largest absolute Gasteiger partial charge is 0.496 e. The molecule has 0 aromatic heterocycles. The fourth-order valence-electron chi connectivity index (χ4n) is 1.53. The first-order valence-electron chi connectivity index (χ1n) is 6.19. The fourth-order valence-corrected chi connectivity index (χ4v) is 1.73. The Kier molecular flexibility index (Phi) is 5.63. The topological polar surface area (TPSA) is 58.6 Å². The van der Waals surface area contributed by atoms with E-state index < -0.39 is 5.60 Å². The third kappa shape index (κ3) is 5.09. The normalized spacial score (nSPS) is 13.7. The van der Waals surface area contributed by atoms with Crippen molar-refractivity contribution >= 4 is 17.5 Å². The molecule has 1 amide bonds. The van der Waals surface area contributed by atoms with Crippen molar-refractivity contribution in [3.05, 3.63) is 28.8 Å². The van der Waals surface area contributed by atoms with Crippen molar-refractivity contribution < 1.29 is 14.6 Å². The maximum atomic E-state index is 11.8. The van der Waals surface area contributed by atoms with Gasteiger partial charge in [0.2, 0.25) is 5.91 Å². The maximum Gasteiger partial charge on any atom is 0.224 e. The van der Waals surface area contributed by atoms with E-state index in [4.69, 9.17) is 16.3 Å². The van der Waals surface area contributed by atoms with E-state index in [1.54, 1.807) is 32.2 Å². The van der Waals surface area contributed by atoms with E-state index in [9.17, 15) is 9.90 Å². The number of carbonyl (C=O) groups excluding carboxylic acids is 1. The van der Waals surface area contributed by atoms with Gasteiger partial charge in [-0.1, -0.05) is 18.5 Å². The van der Waals surface area contributed by atoms with Crippen LogP contribution < -0.4 is 10.1 Å². The lowest BCUT2D eigenvalue weighted by atomic mass is 10.0. The molecular weight excluding hydrogens is 266 g/mol. The highest BCUT2D eigenvalue weighted by molar-refractivity contribution is 6.30. The summed E-state index contributed by atoms with van der Waals surface area (Å²) >= 11 is 5.90. The summed E-state index contributed by atoms with van der Waals surface area (Å²) in [5.41, 5.74) is -0.155. The molecule has 19 heavy (non-hydrogen) atoms. The first-order valence-corrected chi connectivity index (χ1v) is 6.57. The molecule has 1 atom stereocenters. The minimum Gasteiger partial charge on any atom is -0.496 e. The Bertz CT molecular complexity index is 446. The van der Waals surface area contributed by atoms with E-state index >= 15 is 0 Å². The molecule has 1 rings (SSSR count). The molecule has 2 N–H and O–H groups in total. The van der Waals surface area contributed by atoms with Gasteiger partial charge in [-0.15, -0.1) is 0 Å². The Labute approximate surface area is 118 Å². The van der Waals surface area contributed by atoms with Gasteiger partial charge in [0, 0.05) is 17.1 Å². The Balaban J connectivity index is 2.64. The number of ether oxygens (including phenoxy) is 1. The predicted molar refractivity (Wildman–Crippen MR) is 75.6 cm³/mol. The zero-order valence-electron chi connectivity index (χ0n) is 11.5. The molecule has 0 heterocycles. The van der Waals surface area contributed by atoms with Gasteiger partial charge >= 0.3 is 0 Å². The van der Waals surface area contributed by atoms with Crippen molar-refractivity contribution in [2.24, 2.45) is 0 Å². The summed E-state index contributed by atoms with van der Waals surface area (Å²) < 4.78 is 5.18. The Morgan fingerprint density at radius 3 is 2.79 bits per heavy atom. The summed E-state index contributed by atoms with van der Waals surface area (Å²) in [5.74, 6) is 0.455. The summed E-state index contributed by atoms with van der Waals surface area (Å²) in [7, 11) is 1.55. The quantitative estimate of drug-likeness (QED) is 0.842. The van der Waals surface area contributed by atoms with Crippen LogP contribution in [0.25, 0.3) is 0 Å². The molecular formula is C14H20ClNO3. The van der Waals surface area contributed by atoms with Gasteiger partial charge in [-0.3, -0.25) is 4.79 Å². The van der Waals surface area contributed by atoms with Crippen LogP contribution in [0.5, 0.6) is 5.75 Å². The molecule has 0 saturated carbocycles. The number of methoxy groups -OCH3 is 1. The van der Waals surface area contributed by atoms with Crippen LogP contribution >= 0.6 is 11.6 Å². The van der Waals surface area contributed by atoms with Crippen molar-refractivity contribution in [3.8, 4) is 5.75 Å². The molecule has 0 bridgehead atoms. The monoisotopic (exact) mass is 285 g/mol. The van der Waals surface area contributed by atoms with E-state index in [2.05, 4.69) is 5.32 Å². The number of aliphatic hydroxyl groups is 1. The van der Waals surface area contributed by atoms with Crippen LogP contribution in [0.2, 0.25) is 5.02 Å². The molecule has 0 aliphatic carbocycles. The third-order valence-corrected chi connectivity index (χ3v) is 3.26. The Morgan fingerprint density at radius 1 is 1.53 bits per heavy atom. The van der Waals surface area contributed by atoms with Crippen molar-refractivity contribution in [1.82, 2.24) is 5.32 Å². The molecule has 0 aliphatic rings. The maximum absolute atomic E-state index is 11.8. The number of hydrogen-bond donors (Lipinski definition) is 2. The Hall–Kier alpha value is -1.26. The smallest absolute Gasteiger partial charge is 0.224 e. The van der Waals surface area contributed by atoms with E-state index in [1.165, 1.54) is 0 Å². The lowest BCUT2D eigenvalue weighted by molar-refractivity contribution is -0.121. The molecule has 5 heteroatoms. The number of rotatable bonds is 6. The molecule has 0 radical (unpaired) electrons. The number of amides is 1. The predicted octanol–water partition coefficient (Wildman–Crippen LogP) is 2.17. The van der Waals surface area contributed by atoms with Gasteiger partial charge in [0.15, 0.2) is 0 Å². The van der Waals surface area contributed by atoms with Crippen LogP contribution in [0.1, 0.15) is 25.8 Å². The standard InChI is InChI=1S/C14H20ClNO3/c1-4-14(2,18)9-16-13(17)8-10-7-11(15)5-6-12(10)19-3/h5-7,18H,4,8-9H2,1-3H3,(H,16,17).